The Morgan fingerprint density at radius 1 is 1.50 bits per heavy atom. The Morgan fingerprint density at radius 2 is 2.33 bits per heavy atom. The normalized spacial score (nSPS) is 13.8. The van der Waals surface area contributed by atoms with Crippen LogP contribution in [0.3, 0.4) is 0 Å². The monoisotopic (exact) mass is 183 g/mol. The molecule has 1 heterocycles. The van der Waals surface area contributed by atoms with Crippen LogP contribution in [-0.4, -0.2) is 13.7 Å². The predicted octanol–water partition coefficient (Wildman–Crippen LogP) is 2.32. The first-order valence-electron chi connectivity index (χ1n) is 3.91. The lowest BCUT2D eigenvalue weighted by Crippen LogP contribution is -1.90. The molecule has 0 spiro atoms. The zero-order valence-electron chi connectivity index (χ0n) is 6.86. The Balaban J connectivity index is 2.49. The van der Waals surface area contributed by atoms with E-state index in [0.29, 0.717) is 5.02 Å². The number of ether oxygens (including phenoxy) is 1. The molecule has 12 heavy (non-hydrogen) atoms. The fourth-order valence-electron chi connectivity index (χ4n) is 1.46. The minimum atomic E-state index is 0.672. The van der Waals surface area contributed by atoms with Crippen molar-refractivity contribution < 1.29 is 4.74 Å². The van der Waals surface area contributed by atoms with Gasteiger partial charge >= 0.3 is 0 Å². The molecule has 1 aliphatic heterocycles. The molecule has 1 aromatic rings. The van der Waals surface area contributed by atoms with E-state index in [-0.39, 0.29) is 0 Å². The Morgan fingerprint density at radius 3 is 3.08 bits per heavy atom. The van der Waals surface area contributed by atoms with Gasteiger partial charge in [0.25, 0.3) is 0 Å². The molecule has 2 rings (SSSR count). The highest BCUT2D eigenvalue weighted by Gasteiger charge is 2.13. The van der Waals surface area contributed by atoms with Gasteiger partial charge in [-0.3, -0.25) is 0 Å². The van der Waals surface area contributed by atoms with Gasteiger partial charge in [-0.05, 0) is 24.1 Å². The van der Waals surface area contributed by atoms with Crippen molar-refractivity contribution in [2.75, 3.05) is 19.0 Å². The third-order valence-electron chi connectivity index (χ3n) is 2.09. The zero-order valence-corrected chi connectivity index (χ0v) is 7.61. The highest BCUT2D eigenvalue weighted by Crippen LogP contribution is 2.33. The molecule has 0 amide bonds. The van der Waals surface area contributed by atoms with E-state index in [1.807, 2.05) is 12.1 Å². The van der Waals surface area contributed by atoms with Gasteiger partial charge in [-0.2, -0.15) is 0 Å². The van der Waals surface area contributed by atoms with Crippen LogP contribution in [0.15, 0.2) is 12.1 Å². The summed E-state index contributed by atoms with van der Waals surface area (Å²) >= 11 is 5.94. The molecule has 0 aromatic heterocycles. The van der Waals surface area contributed by atoms with Gasteiger partial charge in [0.05, 0.1) is 12.1 Å². The topological polar surface area (TPSA) is 21.3 Å². The van der Waals surface area contributed by atoms with Gasteiger partial charge in [-0.1, -0.05) is 11.6 Å². The number of anilines is 1. The molecule has 0 saturated carbocycles. The Kier molecular flexibility index (Phi) is 1.85. The van der Waals surface area contributed by atoms with Crippen molar-refractivity contribution >= 4 is 17.3 Å². The summed E-state index contributed by atoms with van der Waals surface area (Å²) in [5, 5.41) is 3.92. The molecule has 64 valence electrons. The number of halogens is 1. The van der Waals surface area contributed by atoms with Crippen molar-refractivity contribution in [3.63, 3.8) is 0 Å². The average Bonchev–Trinajstić information content (AvgIpc) is 2.49. The number of methoxy groups -OCH3 is 1. The molecule has 0 bridgehead atoms. The summed E-state index contributed by atoms with van der Waals surface area (Å²) in [5.74, 6) is 0.763. The lowest BCUT2D eigenvalue weighted by molar-refractivity contribution is 0.414. The van der Waals surface area contributed by atoms with E-state index in [1.54, 1.807) is 7.11 Å². The van der Waals surface area contributed by atoms with E-state index in [2.05, 4.69) is 5.32 Å². The van der Waals surface area contributed by atoms with Gasteiger partial charge in [-0.15, -0.1) is 0 Å². The number of nitrogens with one attached hydrogen (secondary N) is 1. The third-order valence-corrected chi connectivity index (χ3v) is 2.38. The fraction of sp³-hybridized carbons (Fsp3) is 0.333. The molecule has 0 radical (unpaired) electrons. The SMILES string of the molecule is COc1cc2c(cc1Cl)NCC2. The molecule has 3 heteroatoms. The Bertz CT molecular complexity index is 311. The second-order valence-electron chi connectivity index (χ2n) is 2.82. The third kappa shape index (κ3) is 1.12. The van der Waals surface area contributed by atoms with Gasteiger partial charge in [-0.25, -0.2) is 0 Å². The lowest BCUT2D eigenvalue weighted by Gasteiger charge is -2.05. The van der Waals surface area contributed by atoms with E-state index in [0.717, 1.165) is 24.4 Å². The van der Waals surface area contributed by atoms with Crippen molar-refractivity contribution in [3.05, 3.63) is 22.7 Å². The predicted molar refractivity (Wildman–Crippen MR) is 50.2 cm³/mol. The van der Waals surface area contributed by atoms with Crippen molar-refractivity contribution in [1.82, 2.24) is 0 Å². The van der Waals surface area contributed by atoms with Gasteiger partial charge in [0.2, 0.25) is 0 Å². The van der Waals surface area contributed by atoms with E-state index in [4.69, 9.17) is 16.3 Å². The van der Waals surface area contributed by atoms with Crippen LogP contribution in [0.1, 0.15) is 5.56 Å². The molecule has 0 aliphatic carbocycles. The molecular weight excluding hydrogens is 174 g/mol. The highest BCUT2D eigenvalue weighted by atomic mass is 35.5. The number of hydrogen-bond donors (Lipinski definition) is 1. The van der Waals surface area contributed by atoms with Crippen molar-refractivity contribution in [3.8, 4) is 5.75 Å². The van der Waals surface area contributed by atoms with Gasteiger partial charge < -0.3 is 10.1 Å². The summed E-state index contributed by atoms with van der Waals surface area (Å²) in [6.45, 7) is 0.999. The second kappa shape index (κ2) is 2.87. The highest BCUT2D eigenvalue weighted by molar-refractivity contribution is 6.32. The molecule has 0 atom stereocenters. The Hall–Kier alpha value is -0.890. The number of benzene rings is 1. The average molecular weight is 184 g/mol. The molecular formula is C9H10ClNO. The zero-order chi connectivity index (χ0) is 8.55. The fourth-order valence-corrected chi connectivity index (χ4v) is 1.70. The van der Waals surface area contributed by atoms with Crippen molar-refractivity contribution in [2.24, 2.45) is 0 Å². The quantitative estimate of drug-likeness (QED) is 0.722. The first-order chi connectivity index (χ1) is 5.81. The minimum absolute atomic E-state index is 0.672. The first kappa shape index (κ1) is 7.74. The largest absolute Gasteiger partial charge is 0.495 e. The maximum absolute atomic E-state index is 5.94. The van der Waals surface area contributed by atoms with Crippen LogP contribution >= 0.6 is 11.6 Å². The van der Waals surface area contributed by atoms with E-state index >= 15 is 0 Å². The molecule has 1 aliphatic rings. The van der Waals surface area contributed by atoms with Gasteiger partial charge in [0, 0.05) is 12.2 Å². The van der Waals surface area contributed by atoms with Gasteiger partial charge in [0.15, 0.2) is 0 Å². The lowest BCUT2D eigenvalue weighted by atomic mass is 10.1. The van der Waals surface area contributed by atoms with Crippen LogP contribution in [0.25, 0.3) is 0 Å². The van der Waals surface area contributed by atoms with E-state index in [1.165, 1.54) is 5.56 Å². The molecule has 0 unspecified atom stereocenters. The van der Waals surface area contributed by atoms with Crippen molar-refractivity contribution in [2.45, 2.75) is 6.42 Å². The van der Waals surface area contributed by atoms with E-state index < -0.39 is 0 Å². The number of fused-ring (bicyclic) bond motifs is 1. The van der Waals surface area contributed by atoms with Crippen LogP contribution in [0.2, 0.25) is 5.02 Å². The summed E-state index contributed by atoms with van der Waals surface area (Å²) in [6, 6.07) is 3.92. The van der Waals surface area contributed by atoms with Crippen LogP contribution in [0, 0.1) is 0 Å². The second-order valence-corrected chi connectivity index (χ2v) is 3.23. The molecule has 0 fully saturated rings. The summed E-state index contributed by atoms with van der Waals surface area (Å²) in [6.07, 6.45) is 1.06. The number of rotatable bonds is 1. The maximum Gasteiger partial charge on any atom is 0.137 e. The summed E-state index contributed by atoms with van der Waals surface area (Å²) in [7, 11) is 1.63. The van der Waals surface area contributed by atoms with Crippen molar-refractivity contribution in [1.29, 1.82) is 0 Å². The van der Waals surface area contributed by atoms with Crippen LogP contribution in [-0.2, 0) is 6.42 Å². The standard InChI is InChI=1S/C9H10ClNO/c1-12-9-4-6-2-3-11-8(6)5-7(9)10/h4-5,11H,2-3H2,1H3. The molecule has 2 nitrogen and oxygen atoms in total. The minimum Gasteiger partial charge on any atom is -0.495 e. The van der Waals surface area contributed by atoms with Gasteiger partial charge in [0.1, 0.15) is 5.75 Å². The van der Waals surface area contributed by atoms with Crippen LogP contribution in [0.5, 0.6) is 5.75 Å². The smallest absolute Gasteiger partial charge is 0.137 e. The molecule has 1 aromatic carbocycles. The maximum atomic E-state index is 5.94. The van der Waals surface area contributed by atoms with Crippen LogP contribution < -0.4 is 10.1 Å². The summed E-state index contributed by atoms with van der Waals surface area (Å²) in [5.41, 5.74) is 2.43. The van der Waals surface area contributed by atoms with E-state index in [9.17, 15) is 0 Å². The summed E-state index contributed by atoms with van der Waals surface area (Å²) < 4.78 is 5.11. The molecule has 1 N–H and O–H groups in total. The first-order valence-corrected chi connectivity index (χ1v) is 4.29. The van der Waals surface area contributed by atoms with Crippen LogP contribution in [0.4, 0.5) is 5.69 Å². The summed E-state index contributed by atoms with van der Waals surface area (Å²) in [4.78, 5) is 0. The molecule has 0 saturated heterocycles. The Labute approximate surface area is 76.5 Å². The number of hydrogen-bond acceptors (Lipinski definition) is 2.